The van der Waals surface area contributed by atoms with Crippen molar-refractivity contribution in [1.29, 1.82) is 0 Å². The van der Waals surface area contributed by atoms with Crippen LogP contribution in [0.2, 0.25) is 0 Å². The van der Waals surface area contributed by atoms with Crippen molar-refractivity contribution in [3.8, 4) is 0 Å². The number of hydrogen-bond acceptors (Lipinski definition) is 14. The van der Waals surface area contributed by atoms with Gasteiger partial charge in [-0.3, -0.25) is 18.9 Å². The SMILES string of the molecule is O=c1[nH]cnc2c1n1c[n+]2[C@@H]2O[C@@H](COP(=O)(O)OP(=O)([O-])OC[C@@H]3O[C@@H]1[C@H](O)[C@@H]3O)[C@@H](O)[C@H]2O. The summed E-state index contributed by atoms with van der Waals surface area (Å²) in [7, 11) is -10.8. The molecule has 3 aliphatic rings. The van der Waals surface area contributed by atoms with Gasteiger partial charge in [-0.2, -0.15) is 0 Å². The van der Waals surface area contributed by atoms with Crippen LogP contribution in [0.3, 0.4) is 0 Å². The molecule has 6 bridgehead atoms. The van der Waals surface area contributed by atoms with Crippen molar-refractivity contribution < 1.29 is 66.7 Å². The number of ether oxygens (including phenoxy) is 2. The zero-order valence-corrected chi connectivity index (χ0v) is 19.1. The van der Waals surface area contributed by atoms with Crippen LogP contribution in [0, 0.1) is 0 Å². The molecule has 20 heteroatoms. The van der Waals surface area contributed by atoms with E-state index in [4.69, 9.17) is 9.47 Å². The number of phosphoric acid groups is 2. The van der Waals surface area contributed by atoms with E-state index in [2.05, 4.69) is 23.3 Å². The highest BCUT2D eigenvalue weighted by molar-refractivity contribution is 7.60. The molecule has 194 valence electrons. The van der Waals surface area contributed by atoms with Gasteiger partial charge in [-0.15, -0.1) is 0 Å². The Morgan fingerprint density at radius 1 is 1.06 bits per heavy atom. The lowest BCUT2D eigenvalue weighted by Crippen LogP contribution is -2.46. The molecule has 5 heterocycles. The summed E-state index contributed by atoms with van der Waals surface area (Å²) in [6, 6.07) is 0. The van der Waals surface area contributed by atoms with Gasteiger partial charge in [0.25, 0.3) is 13.4 Å². The monoisotopic (exact) mass is 542 g/mol. The van der Waals surface area contributed by atoms with Crippen LogP contribution in [0.15, 0.2) is 17.4 Å². The number of phosphoric ester groups is 2. The lowest BCUT2D eigenvalue weighted by atomic mass is 10.1. The van der Waals surface area contributed by atoms with Gasteiger partial charge in [-0.25, -0.2) is 18.0 Å². The Morgan fingerprint density at radius 2 is 1.71 bits per heavy atom. The molecule has 3 aliphatic heterocycles. The lowest BCUT2D eigenvalue weighted by Gasteiger charge is -2.26. The number of aliphatic hydroxyl groups excluding tert-OH is 4. The van der Waals surface area contributed by atoms with Crippen molar-refractivity contribution in [2.75, 3.05) is 13.2 Å². The first kappa shape index (κ1) is 25.0. The molecule has 0 radical (unpaired) electrons. The number of nitrogens with zero attached hydrogens (tertiary/aromatic N) is 3. The van der Waals surface area contributed by atoms with Crippen LogP contribution in [-0.4, -0.2) is 89.7 Å². The summed E-state index contributed by atoms with van der Waals surface area (Å²) in [5, 5.41) is 41.9. The maximum absolute atomic E-state index is 12.6. The van der Waals surface area contributed by atoms with Gasteiger partial charge in [0.2, 0.25) is 18.0 Å². The number of imidazole rings is 1. The van der Waals surface area contributed by atoms with Crippen LogP contribution in [0.1, 0.15) is 12.5 Å². The number of fused-ring (bicyclic) bond motifs is 11. The summed E-state index contributed by atoms with van der Waals surface area (Å²) < 4.78 is 50.6. The van der Waals surface area contributed by atoms with E-state index < -0.39 is 83.5 Å². The zero-order valence-electron chi connectivity index (χ0n) is 17.3. The Bertz CT molecular complexity index is 1280. The van der Waals surface area contributed by atoms with E-state index in [1.807, 2.05) is 0 Å². The van der Waals surface area contributed by atoms with E-state index >= 15 is 0 Å². The van der Waals surface area contributed by atoms with E-state index in [0.29, 0.717) is 0 Å². The maximum atomic E-state index is 12.6. The number of aliphatic hydroxyl groups is 4. The summed E-state index contributed by atoms with van der Waals surface area (Å²) in [4.78, 5) is 40.8. The highest BCUT2D eigenvalue weighted by Gasteiger charge is 2.51. The van der Waals surface area contributed by atoms with Crippen molar-refractivity contribution in [3.63, 3.8) is 0 Å². The zero-order chi connectivity index (χ0) is 25.3. The fourth-order valence-corrected chi connectivity index (χ4v) is 6.18. The molecule has 0 saturated carbocycles. The third-order valence-corrected chi connectivity index (χ3v) is 8.35. The number of aromatic nitrogens is 4. The van der Waals surface area contributed by atoms with Crippen molar-refractivity contribution in [3.05, 3.63) is 23.0 Å². The molecule has 5 rings (SSSR count). The molecule has 0 amide bonds. The largest absolute Gasteiger partial charge is 0.756 e. The number of H-pyrrole nitrogens is 1. The van der Waals surface area contributed by atoms with Crippen LogP contribution in [-0.2, 0) is 32.0 Å². The van der Waals surface area contributed by atoms with Gasteiger partial charge < -0.3 is 44.2 Å². The topological polar surface area (TPSA) is 259 Å². The Hall–Kier alpha value is -1.63. The lowest BCUT2D eigenvalue weighted by molar-refractivity contribution is -0.746. The number of aromatic amines is 1. The molecule has 2 saturated heterocycles. The van der Waals surface area contributed by atoms with Gasteiger partial charge in [0.1, 0.15) is 36.6 Å². The second-order valence-electron chi connectivity index (χ2n) is 8.02. The van der Waals surface area contributed by atoms with E-state index in [0.717, 1.165) is 15.5 Å². The molecule has 18 nitrogen and oxygen atoms in total. The molecule has 6 N–H and O–H groups in total. The fraction of sp³-hybridized carbons (Fsp3) is 0.667. The van der Waals surface area contributed by atoms with Gasteiger partial charge in [0.15, 0.2) is 12.7 Å². The summed E-state index contributed by atoms with van der Waals surface area (Å²) in [6.07, 6.45) is -10.4. The summed E-state index contributed by atoms with van der Waals surface area (Å²) in [6.45, 7) is -1.82. The van der Waals surface area contributed by atoms with Gasteiger partial charge in [-0.05, 0) is 0 Å². The molecule has 10 atom stereocenters. The standard InChI is InChI=1S/C15H20N4O14P2/c20-8-5-1-29-34(25,26)33-35(27,28)30-2-6-9(21)11(23)15(32-6)19-4-18(14(31-5)10(8)22)7-12(19)16-3-17-13(7)24/h3-6,8-11,14-15,20-23H,1-2H2,(H2-,16,17,24,25,26,27,28)/t5-,6-,8+,9+,10+,11+,14+,15+/m0/s1. The molecule has 2 aromatic heterocycles. The normalized spacial score (nSPS) is 44.6. The smallest absolute Gasteiger partial charge is 0.478 e. The average Bonchev–Trinajstić information content (AvgIpc) is 3.38. The first-order valence-electron chi connectivity index (χ1n) is 10.1. The molecule has 2 unspecified atom stereocenters. The Kier molecular flexibility index (Phi) is 6.25. The predicted octanol–water partition coefficient (Wildman–Crippen LogP) is -4.12. The van der Waals surface area contributed by atoms with Crippen molar-refractivity contribution >= 4 is 26.8 Å². The Labute approximate surface area is 194 Å². The minimum Gasteiger partial charge on any atom is -0.756 e. The van der Waals surface area contributed by atoms with E-state index in [1.165, 1.54) is 6.33 Å². The minimum atomic E-state index is -5.51. The van der Waals surface area contributed by atoms with Crippen LogP contribution in [0.4, 0.5) is 0 Å². The fourth-order valence-electron chi connectivity index (χ4n) is 4.13. The molecule has 2 aromatic rings. The number of rotatable bonds is 0. The van der Waals surface area contributed by atoms with Crippen LogP contribution >= 0.6 is 15.6 Å². The van der Waals surface area contributed by atoms with Crippen LogP contribution in [0.5, 0.6) is 0 Å². The van der Waals surface area contributed by atoms with Gasteiger partial charge in [0, 0.05) is 0 Å². The first-order chi connectivity index (χ1) is 16.4. The summed E-state index contributed by atoms with van der Waals surface area (Å²) >= 11 is 0. The third kappa shape index (κ3) is 4.40. The molecular weight excluding hydrogens is 522 g/mol. The number of hydrogen-bond donors (Lipinski definition) is 6. The maximum Gasteiger partial charge on any atom is 0.478 e. The van der Waals surface area contributed by atoms with Crippen molar-refractivity contribution in [1.82, 2.24) is 14.5 Å². The highest BCUT2D eigenvalue weighted by atomic mass is 31.3. The van der Waals surface area contributed by atoms with Crippen molar-refractivity contribution in [2.45, 2.75) is 49.1 Å². The molecular formula is C15H20N4O14P2. The Morgan fingerprint density at radius 3 is 2.46 bits per heavy atom. The summed E-state index contributed by atoms with van der Waals surface area (Å²) in [5.41, 5.74) is -0.971. The Balaban J connectivity index is 1.64. The second kappa shape index (κ2) is 8.74. The summed E-state index contributed by atoms with van der Waals surface area (Å²) in [5.74, 6) is 0. The molecule has 2 fully saturated rings. The van der Waals surface area contributed by atoms with Gasteiger partial charge in [-0.1, -0.05) is 4.98 Å². The third-order valence-electron chi connectivity index (χ3n) is 5.79. The first-order valence-corrected chi connectivity index (χ1v) is 13.0. The molecule has 35 heavy (non-hydrogen) atoms. The van der Waals surface area contributed by atoms with E-state index in [9.17, 15) is 44.1 Å². The molecule has 0 aromatic carbocycles. The quantitative estimate of drug-likeness (QED) is 0.136. The van der Waals surface area contributed by atoms with Crippen LogP contribution in [0.25, 0.3) is 11.2 Å². The van der Waals surface area contributed by atoms with E-state index in [-0.39, 0.29) is 11.2 Å². The second-order valence-corrected chi connectivity index (χ2v) is 11.0. The molecule has 0 spiro atoms. The van der Waals surface area contributed by atoms with Crippen molar-refractivity contribution in [2.24, 2.45) is 0 Å². The van der Waals surface area contributed by atoms with Gasteiger partial charge >= 0.3 is 13.5 Å². The average molecular weight is 542 g/mol. The van der Waals surface area contributed by atoms with Gasteiger partial charge in [0.05, 0.1) is 13.2 Å². The van der Waals surface area contributed by atoms with Crippen LogP contribution < -0.4 is 15.0 Å². The molecule has 0 aliphatic carbocycles. The highest BCUT2D eigenvalue weighted by Crippen LogP contribution is 2.58. The van der Waals surface area contributed by atoms with E-state index in [1.54, 1.807) is 0 Å². The number of nitrogens with one attached hydrogen (secondary N) is 1. The minimum absolute atomic E-state index is 0.0823. The predicted molar refractivity (Wildman–Crippen MR) is 103 cm³/mol.